The molecule has 1 N–H and O–H groups in total. The second kappa shape index (κ2) is 4.09. The zero-order valence-corrected chi connectivity index (χ0v) is 9.41. The second-order valence-electron chi connectivity index (χ2n) is 3.40. The fourth-order valence-corrected chi connectivity index (χ4v) is 1.83. The largest absolute Gasteiger partial charge is 0.341 e. The third-order valence-corrected chi connectivity index (χ3v) is 2.70. The number of benzene rings is 1. The highest BCUT2D eigenvalue weighted by Gasteiger charge is 2.20. The van der Waals surface area contributed by atoms with Crippen LogP contribution in [0.3, 0.4) is 0 Å². The van der Waals surface area contributed by atoms with Crippen LogP contribution in [0.15, 0.2) is 12.1 Å². The molecule has 2 rings (SSSR count). The predicted octanol–water partition coefficient (Wildman–Crippen LogP) is 2.77. The molecule has 0 aliphatic heterocycles. The molecule has 1 aromatic heterocycles. The van der Waals surface area contributed by atoms with E-state index in [0.717, 1.165) is 0 Å². The van der Waals surface area contributed by atoms with Crippen LogP contribution in [0.2, 0.25) is 0 Å². The van der Waals surface area contributed by atoms with Crippen LogP contribution >= 0.6 is 11.6 Å². The van der Waals surface area contributed by atoms with Gasteiger partial charge in [-0.1, -0.05) is 6.92 Å². The van der Waals surface area contributed by atoms with E-state index < -0.39 is 0 Å². The normalized spacial score (nSPS) is 10.9. The Labute approximate surface area is 96.6 Å². The molecule has 0 saturated carbocycles. The number of aromatic nitrogens is 2. The quantitative estimate of drug-likeness (QED) is 0.509. The number of hydrogen-bond acceptors (Lipinski definition) is 3. The van der Waals surface area contributed by atoms with Crippen molar-refractivity contribution in [3.05, 3.63) is 33.6 Å². The molecule has 0 amide bonds. The van der Waals surface area contributed by atoms with Crippen LogP contribution < -0.4 is 0 Å². The van der Waals surface area contributed by atoms with Gasteiger partial charge in [-0.15, -0.1) is 11.6 Å². The molecule has 0 aliphatic carbocycles. The number of imidazole rings is 1. The van der Waals surface area contributed by atoms with Crippen LogP contribution in [-0.4, -0.2) is 14.9 Å². The summed E-state index contributed by atoms with van der Waals surface area (Å²) in [6.45, 7) is 1.88. The van der Waals surface area contributed by atoms with E-state index in [1.807, 2.05) is 6.92 Å². The van der Waals surface area contributed by atoms with Gasteiger partial charge in [0.1, 0.15) is 5.82 Å². The maximum atomic E-state index is 11.0. The molecule has 1 aromatic carbocycles. The lowest BCUT2D eigenvalue weighted by Crippen LogP contribution is -1.95. The molecule has 84 valence electrons. The molecule has 1 heterocycles. The number of halogens is 1. The van der Waals surface area contributed by atoms with E-state index >= 15 is 0 Å². The van der Waals surface area contributed by atoms with Crippen molar-refractivity contribution < 1.29 is 4.92 Å². The van der Waals surface area contributed by atoms with Crippen LogP contribution in [-0.2, 0) is 12.3 Å². The van der Waals surface area contributed by atoms with E-state index in [0.29, 0.717) is 28.8 Å². The predicted molar refractivity (Wildman–Crippen MR) is 61.7 cm³/mol. The minimum absolute atomic E-state index is 0.0765. The maximum absolute atomic E-state index is 11.0. The van der Waals surface area contributed by atoms with Gasteiger partial charge in [0, 0.05) is 5.56 Å². The number of fused-ring (bicyclic) bond motifs is 1. The first-order valence-electron chi connectivity index (χ1n) is 4.88. The molecule has 0 aliphatic rings. The van der Waals surface area contributed by atoms with E-state index in [2.05, 4.69) is 9.97 Å². The van der Waals surface area contributed by atoms with Gasteiger partial charge >= 0.3 is 0 Å². The van der Waals surface area contributed by atoms with E-state index in [9.17, 15) is 10.1 Å². The van der Waals surface area contributed by atoms with Crippen molar-refractivity contribution in [2.24, 2.45) is 0 Å². The highest BCUT2D eigenvalue weighted by atomic mass is 35.5. The lowest BCUT2D eigenvalue weighted by Gasteiger charge is -1.99. The Hall–Kier alpha value is -1.62. The monoisotopic (exact) mass is 239 g/mol. The van der Waals surface area contributed by atoms with Crippen molar-refractivity contribution in [2.75, 3.05) is 0 Å². The number of nitrogens with one attached hydrogen (secondary N) is 1. The van der Waals surface area contributed by atoms with Gasteiger partial charge in [-0.05, 0) is 18.6 Å². The summed E-state index contributed by atoms with van der Waals surface area (Å²) in [5.41, 5.74) is 1.80. The Kier molecular flexibility index (Phi) is 2.78. The van der Waals surface area contributed by atoms with Gasteiger partial charge in [-0.25, -0.2) is 4.98 Å². The van der Waals surface area contributed by atoms with Crippen molar-refractivity contribution in [2.45, 2.75) is 19.2 Å². The van der Waals surface area contributed by atoms with Gasteiger partial charge in [-0.3, -0.25) is 10.1 Å². The molecule has 0 atom stereocenters. The molecular formula is C10H10ClN3O2. The van der Waals surface area contributed by atoms with Crippen molar-refractivity contribution >= 4 is 28.3 Å². The number of nitro benzene ring substituents is 1. The Bertz CT molecular complexity index is 550. The fourth-order valence-electron chi connectivity index (χ4n) is 1.71. The summed E-state index contributed by atoms with van der Waals surface area (Å²) in [5.74, 6) is 0.765. The van der Waals surface area contributed by atoms with Gasteiger partial charge in [0.05, 0.1) is 16.3 Å². The first kappa shape index (κ1) is 10.9. The van der Waals surface area contributed by atoms with Crippen LogP contribution in [0.25, 0.3) is 11.0 Å². The minimum Gasteiger partial charge on any atom is -0.341 e. The maximum Gasteiger partial charge on any atom is 0.300 e. The Morgan fingerprint density at radius 2 is 2.31 bits per heavy atom. The second-order valence-corrected chi connectivity index (χ2v) is 3.66. The summed E-state index contributed by atoms with van der Waals surface area (Å²) in [6, 6.07) is 3.54. The molecule has 0 fully saturated rings. The third kappa shape index (κ3) is 1.63. The molecule has 0 saturated heterocycles. The molecule has 6 heteroatoms. The average Bonchev–Trinajstić information content (AvgIpc) is 2.69. The number of nitro groups is 1. The van der Waals surface area contributed by atoms with Crippen LogP contribution in [0, 0.1) is 10.1 Å². The molecule has 2 aromatic rings. The number of aromatic amines is 1. The fraction of sp³-hybridized carbons (Fsp3) is 0.300. The van der Waals surface area contributed by atoms with E-state index in [1.54, 1.807) is 12.1 Å². The van der Waals surface area contributed by atoms with Crippen molar-refractivity contribution in [1.82, 2.24) is 9.97 Å². The van der Waals surface area contributed by atoms with Gasteiger partial charge in [-0.2, -0.15) is 0 Å². The molecule has 0 bridgehead atoms. The molecule has 16 heavy (non-hydrogen) atoms. The van der Waals surface area contributed by atoms with Crippen molar-refractivity contribution in [3.63, 3.8) is 0 Å². The Morgan fingerprint density at radius 3 is 2.88 bits per heavy atom. The summed E-state index contributed by atoms with van der Waals surface area (Å²) in [5, 5.41) is 11.0. The number of H-pyrrole nitrogens is 1. The van der Waals surface area contributed by atoms with Crippen LogP contribution in [0.5, 0.6) is 0 Å². The van der Waals surface area contributed by atoms with Crippen LogP contribution in [0.4, 0.5) is 5.69 Å². The minimum atomic E-state index is -0.389. The highest BCUT2D eigenvalue weighted by Crippen LogP contribution is 2.28. The Balaban J connectivity index is 2.77. The first-order valence-corrected chi connectivity index (χ1v) is 5.41. The highest BCUT2D eigenvalue weighted by molar-refractivity contribution is 6.16. The zero-order chi connectivity index (χ0) is 11.7. The van der Waals surface area contributed by atoms with Crippen LogP contribution in [0.1, 0.15) is 18.3 Å². The van der Waals surface area contributed by atoms with Gasteiger partial charge < -0.3 is 4.98 Å². The van der Waals surface area contributed by atoms with E-state index in [-0.39, 0.29) is 16.5 Å². The molecule has 0 spiro atoms. The zero-order valence-electron chi connectivity index (χ0n) is 8.66. The average molecular weight is 240 g/mol. The summed E-state index contributed by atoms with van der Waals surface area (Å²) in [4.78, 5) is 17.7. The van der Waals surface area contributed by atoms with Gasteiger partial charge in [0.2, 0.25) is 0 Å². The molecule has 0 radical (unpaired) electrons. The van der Waals surface area contributed by atoms with E-state index in [1.165, 1.54) is 0 Å². The smallest absolute Gasteiger partial charge is 0.300 e. The molecular weight excluding hydrogens is 230 g/mol. The van der Waals surface area contributed by atoms with Crippen molar-refractivity contribution in [1.29, 1.82) is 0 Å². The number of rotatable bonds is 3. The molecule has 0 unspecified atom stereocenters. The summed E-state index contributed by atoms with van der Waals surface area (Å²) < 4.78 is 0. The lowest BCUT2D eigenvalue weighted by molar-refractivity contribution is -0.383. The van der Waals surface area contributed by atoms with E-state index in [4.69, 9.17) is 11.6 Å². The number of aryl methyl sites for hydroxylation is 1. The third-order valence-electron chi connectivity index (χ3n) is 2.45. The molecule has 5 nitrogen and oxygen atoms in total. The number of hydrogen-bond donors (Lipinski definition) is 1. The van der Waals surface area contributed by atoms with Gasteiger partial charge in [0.25, 0.3) is 5.69 Å². The number of nitrogens with zero attached hydrogens (tertiary/aromatic N) is 2. The topological polar surface area (TPSA) is 71.8 Å². The van der Waals surface area contributed by atoms with Gasteiger partial charge in [0.15, 0.2) is 5.52 Å². The summed E-state index contributed by atoms with van der Waals surface area (Å²) in [7, 11) is 0. The SMILES string of the molecule is CCc1ccc2[nH]c(CCl)nc2c1[N+](=O)[O-]. The number of alkyl halides is 1. The standard InChI is InChI=1S/C10H10ClN3O2/c1-2-6-3-4-7-9(10(6)14(15)16)13-8(5-11)12-7/h3-4H,2,5H2,1H3,(H,12,13). The lowest BCUT2D eigenvalue weighted by atomic mass is 10.1. The summed E-state index contributed by atoms with van der Waals surface area (Å²) >= 11 is 5.64. The van der Waals surface area contributed by atoms with Crippen molar-refractivity contribution in [3.8, 4) is 0 Å². The summed E-state index contributed by atoms with van der Waals surface area (Å²) in [6.07, 6.45) is 0.606. The first-order chi connectivity index (χ1) is 7.67. The Morgan fingerprint density at radius 1 is 1.56 bits per heavy atom.